The fraction of sp³-hybridized carbons (Fsp3) is 0.0714. The third-order valence-electron chi connectivity index (χ3n) is 2.45. The van der Waals surface area contributed by atoms with E-state index in [1.807, 2.05) is 0 Å². The molecule has 0 heterocycles. The SMILES string of the molecule is CC(=O)c1ccc(Oc2ccc(F)cc2Br)c(Br)c1. The Morgan fingerprint density at radius 1 is 1.05 bits per heavy atom. The van der Waals surface area contributed by atoms with Crippen LogP contribution in [0.5, 0.6) is 11.5 Å². The summed E-state index contributed by atoms with van der Waals surface area (Å²) in [6.07, 6.45) is 0. The molecule has 2 aromatic carbocycles. The van der Waals surface area contributed by atoms with E-state index in [0.29, 0.717) is 26.0 Å². The number of hydrogen-bond donors (Lipinski definition) is 0. The molecule has 0 saturated heterocycles. The molecule has 19 heavy (non-hydrogen) atoms. The molecule has 5 heteroatoms. The van der Waals surface area contributed by atoms with Crippen LogP contribution in [0.4, 0.5) is 4.39 Å². The second kappa shape index (κ2) is 5.84. The van der Waals surface area contributed by atoms with Gasteiger partial charge in [0.1, 0.15) is 17.3 Å². The lowest BCUT2D eigenvalue weighted by Crippen LogP contribution is -1.93. The lowest BCUT2D eigenvalue weighted by atomic mass is 10.1. The first-order valence-electron chi connectivity index (χ1n) is 5.41. The van der Waals surface area contributed by atoms with Crippen molar-refractivity contribution >= 4 is 37.6 Å². The van der Waals surface area contributed by atoms with Crippen molar-refractivity contribution in [3.05, 3.63) is 56.7 Å². The van der Waals surface area contributed by atoms with Gasteiger partial charge in [-0.3, -0.25) is 4.79 Å². The van der Waals surface area contributed by atoms with E-state index in [2.05, 4.69) is 31.9 Å². The molecule has 2 aromatic rings. The summed E-state index contributed by atoms with van der Waals surface area (Å²) in [7, 11) is 0. The van der Waals surface area contributed by atoms with E-state index < -0.39 is 0 Å². The van der Waals surface area contributed by atoms with Crippen molar-refractivity contribution < 1.29 is 13.9 Å². The van der Waals surface area contributed by atoms with Crippen molar-refractivity contribution in [3.63, 3.8) is 0 Å². The van der Waals surface area contributed by atoms with Crippen LogP contribution in [0.3, 0.4) is 0 Å². The van der Waals surface area contributed by atoms with Gasteiger partial charge >= 0.3 is 0 Å². The highest BCUT2D eigenvalue weighted by Gasteiger charge is 2.09. The van der Waals surface area contributed by atoms with E-state index in [1.54, 1.807) is 18.2 Å². The van der Waals surface area contributed by atoms with Gasteiger partial charge in [-0.05, 0) is 75.2 Å². The number of ketones is 1. The molecule has 0 fully saturated rings. The van der Waals surface area contributed by atoms with Gasteiger partial charge in [-0.25, -0.2) is 4.39 Å². The minimum absolute atomic E-state index is 0.0183. The third kappa shape index (κ3) is 3.42. The van der Waals surface area contributed by atoms with E-state index >= 15 is 0 Å². The fourth-order valence-electron chi connectivity index (χ4n) is 1.48. The van der Waals surface area contributed by atoms with Gasteiger partial charge in [0.05, 0.1) is 8.95 Å². The number of halogens is 3. The van der Waals surface area contributed by atoms with E-state index in [-0.39, 0.29) is 11.6 Å². The Balaban J connectivity index is 2.31. The highest BCUT2D eigenvalue weighted by atomic mass is 79.9. The van der Waals surface area contributed by atoms with E-state index in [1.165, 1.54) is 25.1 Å². The van der Waals surface area contributed by atoms with Crippen molar-refractivity contribution in [2.24, 2.45) is 0 Å². The predicted molar refractivity (Wildman–Crippen MR) is 78.3 cm³/mol. The van der Waals surface area contributed by atoms with Gasteiger partial charge in [0, 0.05) is 5.56 Å². The number of carbonyl (C=O) groups excluding carboxylic acids is 1. The Morgan fingerprint density at radius 2 is 1.63 bits per heavy atom. The largest absolute Gasteiger partial charge is 0.455 e. The number of ether oxygens (including phenoxy) is 1. The fourth-order valence-corrected chi connectivity index (χ4v) is 2.37. The van der Waals surface area contributed by atoms with Crippen LogP contribution in [-0.2, 0) is 0 Å². The maximum atomic E-state index is 13.0. The van der Waals surface area contributed by atoms with Crippen LogP contribution in [0.25, 0.3) is 0 Å². The van der Waals surface area contributed by atoms with Crippen LogP contribution in [-0.4, -0.2) is 5.78 Å². The molecule has 98 valence electrons. The van der Waals surface area contributed by atoms with Crippen LogP contribution in [0.2, 0.25) is 0 Å². The molecule has 0 amide bonds. The molecule has 0 spiro atoms. The number of carbonyl (C=O) groups is 1. The standard InChI is InChI=1S/C14H9Br2FO2/c1-8(18)9-2-4-13(11(15)6-9)19-14-5-3-10(17)7-12(14)16/h2-7H,1H3. The Kier molecular flexibility index (Phi) is 4.37. The molecule has 2 nitrogen and oxygen atoms in total. The first-order valence-corrected chi connectivity index (χ1v) is 6.99. The summed E-state index contributed by atoms with van der Waals surface area (Å²) in [5.74, 6) is 0.690. The average Bonchev–Trinajstić information content (AvgIpc) is 2.34. The number of Topliss-reactive ketones (excluding diaryl/α,β-unsaturated/α-hetero) is 1. The first-order chi connectivity index (χ1) is 8.97. The normalized spacial score (nSPS) is 10.3. The zero-order valence-corrected chi connectivity index (χ0v) is 13.1. The molecule has 0 atom stereocenters. The molecule has 0 aliphatic rings. The number of benzene rings is 2. The van der Waals surface area contributed by atoms with Crippen molar-refractivity contribution in [3.8, 4) is 11.5 Å². The summed E-state index contributed by atoms with van der Waals surface area (Å²) < 4.78 is 19.8. The first kappa shape index (κ1) is 14.2. The van der Waals surface area contributed by atoms with Crippen LogP contribution < -0.4 is 4.74 Å². The minimum atomic E-state index is -0.342. The summed E-state index contributed by atoms with van der Waals surface area (Å²) >= 11 is 6.58. The Hall–Kier alpha value is -1.20. The van der Waals surface area contributed by atoms with E-state index in [0.717, 1.165) is 0 Å². The predicted octanol–water partition coefficient (Wildman–Crippen LogP) is 5.35. The quantitative estimate of drug-likeness (QED) is 0.664. The van der Waals surface area contributed by atoms with Crippen molar-refractivity contribution in [2.45, 2.75) is 6.92 Å². The molecule has 0 aliphatic carbocycles. The van der Waals surface area contributed by atoms with Crippen LogP contribution in [0.1, 0.15) is 17.3 Å². The maximum absolute atomic E-state index is 13.0. The highest BCUT2D eigenvalue weighted by Crippen LogP contribution is 2.34. The van der Waals surface area contributed by atoms with Gasteiger partial charge in [-0.2, -0.15) is 0 Å². The summed E-state index contributed by atoms with van der Waals surface area (Å²) in [5, 5.41) is 0. The van der Waals surface area contributed by atoms with Crippen LogP contribution in [0.15, 0.2) is 45.3 Å². The monoisotopic (exact) mass is 386 g/mol. The average molecular weight is 388 g/mol. The molecule has 0 radical (unpaired) electrons. The number of hydrogen-bond acceptors (Lipinski definition) is 2. The zero-order valence-electron chi connectivity index (χ0n) is 9.91. The van der Waals surface area contributed by atoms with Gasteiger partial charge in [0.2, 0.25) is 0 Å². The molecule has 0 N–H and O–H groups in total. The van der Waals surface area contributed by atoms with Crippen molar-refractivity contribution in [1.29, 1.82) is 0 Å². The summed E-state index contributed by atoms with van der Waals surface area (Å²) in [5.41, 5.74) is 0.595. The van der Waals surface area contributed by atoms with E-state index in [9.17, 15) is 9.18 Å². The van der Waals surface area contributed by atoms with Crippen molar-refractivity contribution in [2.75, 3.05) is 0 Å². The lowest BCUT2D eigenvalue weighted by Gasteiger charge is -2.10. The van der Waals surface area contributed by atoms with Gasteiger partial charge in [0.15, 0.2) is 5.78 Å². The third-order valence-corrected chi connectivity index (χ3v) is 3.69. The van der Waals surface area contributed by atoms with Gasteiger partial charge < -0.3 is 4.74 Å². The minimum Gasteiger partial charge on any atom is -0.455 e. The molecule has 2 rings (SSSR count). The molecule has 0 unspecified atom stereocenters. The van der Waals surface area contributed by atoms with Crippen LogP contribution >= 0.6 is 31.9 Å². The molecule has 0 aromatic heterocycles. The lowest BCUT2D eigenvalue weighted by molar-refractivity contribution is 0.101. The Bertz CT molecular complexity index is 641. The van der Waals surface area contributed by atoms with Gasteiger partial charge in [0.25, 0.3) is 0 Å². The Labute approximate surface area is 126 Å². The topological polar surface area (TPSA) is 26.3 Å². The Morgan fingerprint density at radius 3 is 2.16 bits per heavy atom. The highest BCUT2D eigenvalue weighted by molar-refractivity contribution is 9.11. The summed E-state index contributed by atoms with van der Waals surface area (Å²) in [6.45, 7) is 1.50. The molecule has 0 saturated carbocycles. The molecule has 0 bridgehead atoms. The smallest absolute Gasteiger partial charge is 0.159 e. The second-order valence-electron chi connectivity index (χ2n) is 3.88. The van der Waals surface area contributed by atoms with Crippen molar-refractivity contribution in [1.82, 2.24) is 0 Å². The molecular formula is C14H9Br2FO2. The molecule has 0 aliphatic heterocycles. The van der Waals surface area contributed by atoms with E-state index in [4.69, 9.17) is 4.74 Å². The summed E-state index contributed by atoms with van der Waals surface area (Å²) in [4.78, 5) is 11.2. The maximum Gasteiger partial charge on any atom is 0.159 e. The van der Waals surface area contributed by atoms with Crippen LogP contribution in [0, 0.1) is 5.82 Å². The van der Waals surface area contributed by atoms with Gasteiger partial charge in [-0.1, -0.05) is 0 Å². The second-order valence-corrected chi connectivity index (χ2v) is 5.59. The zero-order chi connectivity index (χ0) is 14.0. The van der Waals surface area contributed by atoms with Gasteiger partial charge in [-0.15, -0.1) is 0 Å². The number of rotatable bonds is 3. The summed E-state index contributed by atoms with van der Waals surface area (Å²) in [6, 6.07) is 9.24. The molecular weight excluding hydrogens is 379 g/mol.